The van der Waals surface area contributed by atoms with Crippen LogP contribution in [0.3, 0.4) is 0 Å². The van der Waals surface area contributed by atoms with E-state index in [4.69, 9.17) is 29.6 Å². The van der Waals surface area contributed by atoms with Crippen LogP contribution in [0.15, 0.2) is 42.5 Å². The predicted octanol–water partition coefficient (Wildman–Crippen LogP) is 3.04. The molecule has 0 saturated carbocycles. The van der Waals surface area contributed by atoms with Gasteiger partial charge in [-0.3, -0.25) is 4.79 Å². The van der Waals surface area contributed by atoms with Gasteiger partial charge >= 0.3 is 0 Å². The largest absolute Gasteiger partial charge is 0.389 e. The second kappa shape index (κ2) is 6.65. The fraction of sp³-hybridized carbons (Fsp3) is 0.0667. The number of carbonyl (C=O) groups excluding carboxylic acids is 1. The van der Waals surface area contributed by atoms with Crippen LogP contribution in [-0.4, -0.2) is 10.9 Å². The highest BCUT2D eigenvalue weighted by Crippen LogP contribution is 2.17. The molecule has 0 aliphatic rings. The Balaban J connectivity index is 2.04. The van der Waals surface area contributed by atoms with E-state index < -0.39 is 11.7 Å². The summed E-state index contributed by atoms with van der Waals surface area (Å²) in [6, 6.07) is 11.4. The van der Waals surface area contributed by atoms with Crippen LogP contribution < -0.4 is 11.1 Å². The number of hydrogen-bond acceptors (Lipinski definition) is 2. The summed E-state index contributed by atoms with van der Waals surface area (Å²) in [6.45, 7) is 0.266. The monoisotopic (exact) mass is 322 g/mol. The van der Waals surface area contributed by atoms with Crippen molar-refractivity contribution in [3.63, 3.8) is 0 Å². The van der Waals surface area contributed by atoms with Crippen molar-refractivity contribution in [1.82, 2.24) is 5.32 Å². The number of nitrogens with one attached hydrogen (secondary N) is 1. The lowest BCUT2D eigenvalue weighted by Gasteiger charge is -2.07. The van der Waals surface area contributed by atoms with Crippen LogP contribution in [0.5, 0.6) is 0 Å². The third-order valence-electron chi connectivity index (χ3n) is 2.89. The van der Waals surface area contributed by atoms with Gasteiger partial charge in [0, 0.05) is 12.1 Å². The third kappa shape index (κ3) is 3.77. The Labute approximate surface area is 131 Å². The lowest BCUT2D eigenvalue weighted by molar-refractivity contribution is 0.0947. The molecule has 2 rings (SSSR count). The minimum Gasteiger partial charge on any atom is -0.389 e. The average molecular weight is 323 g/mol. The van der Waals surface area contributed by atoms with Crippen LogP contribution in [0.4, 0.5) is 4.39 Å². The minimum atomic E-state index is -0.722. The number of carbonyl (C=O) groups is 1. The van der Waals surface area contributed by atoms with Crippen LogP contribution in [0, 0.1) is 5.82 Å². The molecule has 0 bridgehead atoms. The van der Waals surface area contributed by atoms with Gasteiger partial charge in [-0.1, -0.05) is 54.2 Å². The van der Waals surface area contributed by atoms with Gasteiger partial charge in [0.15, 0.2) is 5.82 Å². The van der Waals surface area contributed by atoms with Crippen molar-refractivity contribution >= 4 is 34.7 Å². The van der Waals surface area contributed by atoms with Gasteiger partial charge in [-0.2, -0.15) is 0 Å². The Hall–Kier alpha value is -1.98. The molecule has 0 aromatic heterocycles. The van der Waals surface area contributed by atoms with Gasteiger partial charge < -0.3 is 11.1 Å². The molecule has 0 unspecified atom stereocenters. The number of rotatable bonds is 4. The summed E-state index contributed by atoms with van der Waals surface area (Å²) in [5.74, 6) is -1.24. The first-order valence-electron chi connectivity index (χ1n) is 6.10. The fourth-order valence-electron chi connectivity index (χ4n) is 1.74. The predicted molar refractivity (Wildman–Crippen MR) is 84.9 cm³/mol. The normalized spacial score (nSPS) is 10.2. The van der Waals surface area contributed by atoms with Crippen molar-refractivity contribution < 1.29 is 9.18 Å². The van der Waals surface area contributed by atoms with E-state index in [0.717, 1.165) is 11.1 Å². The maximum Gasteiger partial charge on any atom is 0.254 e. The van der Waals surface area contributed by atoms with Crippen LogP contribution in [0.25, 0.3) is 0 Å². The minimum absolute atomic E-state index is 0.0801. The van der Waals surface area contributed by atoms with E-state index in [0.29, 0.717) is 4.99 Å². The van der Waals surface area contributed by atoms with Crippen molar-refractivity contribution in [3.05, 3.63) is 70.0 Å². The van der Waals surface area contributed by atoms with Crippen molar-refractivity contribution in [2.45, 2.75) is 6.54 Å². The highest BCUT2D eigenvalue weighted by Gasteiger charge is 2.13. The van der Waals surface area contributed by atoms with Gasteiger partial charge in [-0.05, 0) is 17.7 Å². The van der Waals surface area contributed by atoms with Gasteiger partial charge in [0.1, 0.15) is 4.99 Å². The van der Waals surface area contributed by atoms with E-state index in [1.54, 1.807) is 24.3 Å². The number of thiocarbonyl (C=S) groups is 1. The molecule has 0 aliphatic carbocycles. The van der Waals surface area contributed by atoms with Crippen LogP contribution >= 0.6 is 23.8 Å². The summed E-state index contributed by atoms with van der Waals surface area (Å²) in [5, 5.41) is 2.55. The van der Waals surface area contributed by atoms with Crippen molar-refractivity contribution in [1.29, 1.82) is 0 Å². The quantitative estimate of drug-likeness (QED) is 0.851. The molecule has 3 N–H and O–H groups in total. The maximum absolute atomic E-state index is 13.7. The number of benzene rings is 2. The first kappa shape index (κ1) is 15.4. The van der Waals surface area contributed by atoms with E-state index in [9.17, 15) is 9.18 Å². The molecule has 0 spiro atoms. The van der Waals surface area contributed by atoms with E-state index in [1.165, 1.54) is 18.2 Å². The Morgan fingerprint density at radius 1 is 1.24 bits per heavy atom. The fourth-order valence-corrected chi connectivity index (χ4v) is 2.05. The lowest BCUT2D eigenvalue weighted by Crippen LogP contribution is -2.24. The zero-order chi connectivity index (χ0) is 15.4. The van der Waals surface area contributed by atoms with Gasteiger partial charge in [0.2, 0.25) is 0 Å². The maximum atomic E-state index is 13.7. The van der Waals surface area contributed by atoms with Gasteiger partial charge in [-0.25, -0.2) is 4.39 Å². The van der Waals surface area contributed by atoms with E-state index >= 15 is 0 Å². The van der Waals surface area contributed by atoms with Gasteiger partial charge in [-0.15, -0.1) is 0 Å². The molecule has 0 fully saturated rings. The van der Waals surface area contributed by atoms with Gasteiger partial charge in [0.25, 0.3) is 5.91 Å². The molecule has 0 saturated heterocycles. The van der Waals surface area contributed by atoms with Crippen LogP contribution in [-0.2, 0) is 6.54 Å². The Kier molecular flexibility index (Phi) is 4.88. The zero-order valence-electron chi connectivity index (χ0n) is 10.9. The molecule has 108 valence electrons. The van der Waals surface area contributed by atoms with Gasteiger partial charge in [0.05, 0.1) is 10.6 Å². The molecule has 2 aromatic carbocycles. The summed E-state index contributed by atoms with van der Waals surface area (Å²) in [6.07, 6.45) is 0. The Morgan fingerprint density at radius 3 is 2.52 bits per heavy atom. The highest BCUT2D eigenvalue weighted by atomic mass is 35.5. The average Bonchev–Trinajstić information content (AvgIpc) is 2.48. The molecular formula is C15H12ClFN2OS. The molecule has 6 heteroatoms. The van der Waals surface area contributed by atoms with Crippen LogP contribution in [0.2, 0.25) is 5.02 Å². The summed E-state index contributed by atoms with van der Waals surface area (Å²) in [7, 11) is 0. The third-order valence-corrected chi connectivity index (χ3v) is 3.42. The van der Waals surface area contributed by atoms with E-state index in [2.05, 4.69) is 5.32 Å². The molecule has 1 amide bonds. The van der Waals surface area contributed by atoms with Crippen molar-refractivity contribution in [3.8, 4) is 0 Å². The molecule has 0 heterocycles. The number of nitrogens with two attached hydrogens (primary N) is 1. The summed E-state index contributed by atoms with van der Waals surface area (Å²) < 4.78 is 13.7. The molecular weight excluding hydrogens is 311 g/mol. The van der Waals surface area contributed by atoms with E-state index in [-0.39, 0.29) is 17.1 Å². The SMILES string of the molecule is NC(=S)c1ccc(CNC(=O)c2cccc(Cl)c2F)cc1. The highest BCUT2D eigenvalue weighted by molar-refractivity contribution is 7.80. The standard InChI is InChI=1S/C15H12ClFN2OS/c16-12-3-1-2-11(13(12)17)15(20)19-8-9-4-6-10(7-5-9)14(18)21/h1-7H,8H2,(H2,18,21)(H,19,20). The lowest BCUT2D eigenvalue weighted by atomic mass is 10.1. The van der Waals surface area contributed by atoms with Crippen LogP contribution in [0.1, 0.15) is 21.5 Å². The first-order chi connectivity index (χ1) is 9.99. The Morgan fingerprint density at radius 2 is 1.90 bits per heavy atom. The summed E-state index contributed by atoms with van der Waals surface area (Å²) in [4.78, 5) is 12.2. The number of amides is 1. The number of hydrogen-bond donors (Lipinski definition) is 2. The Bertz CT molecular complexity index is 689. The zero-order valence-corrected chi connectivity index (χ0v) is 12.5. The molecule has 2 aromatic rings. The first-order valence-corrected chi connectivity index (χ1v) is 6.88. The molecule has 3 nitrogen and oxygen atoms in total. The van der Waals surface area contributed by atoms with Crippen molar-refractivity contribution in [2.24, 2.45) is 5.73 Å². The second-order valence-corrected chi connectivity index (χ2v) is 5.19. The summed E-state index contributed by atoms with van der Waals surface area (Å²) in [5.41, 5.74) is 7.02. The molecule has 0 radical (unpaired) electrons. The smallest absolute Gasteiger partial charge is 0.254 e. The summed E-state index contributed by atoms with van der Waals surface area (Å²) >= 11 is 10.5. The van der Waals surface area contributed by atoms with E-state index in [1.807, 2.05) is 0 Å². The molecule has 0 aliphatic heterocycles. The molecule has 21 heavy (non-hydrogen) atoms. The number of halogens is 2. The topological polar surface area (TPSA) is 55.1 Å². The second-order valence-electron chi connectivity index (χ2n) is 4.35. The molecule has 0 atom stereocenters. The van der Waals surface area contributed by atoms with Crippen molar-refractivity contribution in [2.75, 3.05) is 0 Å².